The minimum Gasteiger partial charge on any atom is -0.393 e. The number of nitrogen functional groups attached to an aromatic ring is 1. The van der Waals surface area contributed by atoms with E-state index in [1.807, 2.05) is 0 Å². The Hall–Kier alpha value is -1.70. The lowest BCUT2D eigenvalue weighted by molar-refractivity contribution is -0.0526. The van der Waals surface area contributed by atoms with Crippen molar-refractivity contribution in [3.05, 3.63) is 34.9 Å². The Bertz CT molecular complexity index is 499. The highest BCUT2D eigenvalue weighted by Gasteiger charge is 2.38. The summed E-state index contributed by atoms with van der Waals surface area (Å²) >= 11 is 0. The summed E-state index contributed by atoms with van der Waals surface area (Å²) in [5.74, 6) is 0.0938. The van der Waals surface area contributed by atoms with E-state index in [0.717, 1.165) is 4.57 Å². The van der Waals surface area contributed by atoms with Crippen LogP contribution in [0, 0.1) is 0 Å². The number of anilines is 1. The number of hydrogen-bond donors (Lipinski definition) is 3. The van der Waals surface area contributed by atoms with Crippen molar-refractivity contribution in [3.63, 3.8) is 0 Å². The van der Waals surface area contributed by atoms with Gasteiger partial charge in [0.05, 0.1) is 6.61 Å². The first-order valence-corrected chi connectivity index (χ1v) is 5.02. The van der Waals surface area contributed by atoms with E-state index in [9.17, 15) is 9.90 Å². The Morgan fingerprint density at radius 2 is 2.35 bits per heavy atom. The summed E-state index contributed by atoms with van der Waals surface area (Å²) in [5, 5.41) is 18.9. The molecule has 0 saturated carbocycles. The first kappa shape index (κ1) is 11.8. The zero-order valence-corrected chi connectivity index (χ0v) is 8.98. The van der Waals surface area contributed by atoms with Gasteiger partial charge >= 0.3 is 5.69 Å². The lowest BCUT2D eigenvalue weighted by Crippen LogP contribution is -2.32. The number of rotatable bonds is 2. The molecule has 92 valence electrons. The second kappa shape index (κ2) is 4.28. The van der Waals surface area contributed by atoms with Gasteiger partial charge in [-0.25, -0.2) is 4.79 Å². The molecule has 0 spiro atoms. The van der Waals surface area contributed by atoms with E-state index in [1.165, 1.54) is 12.3 Å². The van der Waals surface area contributed by atoms with Crippen molar-refractivity contribution >= 4 is 5.82 Å². The van der Waals surface area contributed by atoms with Crippen LogP contribution in [0.15, 0.2) is 29.2 Å². The van der Waals surface area contributed by atoms with Gasteiger partial charge in [0.1, 0.15) is 18.0 Å². The summed E-state index contributed by atoms with van der Waals surface area (Å²) in [4.78, 5) is 15.1. The van der Waals surface area contributed by atoms with Crippen LogP contribution in [0.4, 0.5) is 5.82 Å². The van der Waals surface area contributed by atoms with Gasteiger partial charge in [0.15, 0.2) is 6.23 Å². The molecule has 2 rings (SSSR count). The normalized spacial score (nSPS) is 28.6. The Kier molecular flexibility index (Phi) is 2.97. The Morgan fingerprint density at radius 1 is 1.65 bits per heavy atom. The van der Waals surface area contributed by atoms with Crippen LogP contribution in [0.1, 0.15) is 6.23 Å². The van der Waals surface area contributed by atoms with Crippen LogP contribution in [0.5, 0.6) is 0 Å². The fourth-order valence-electron chi connectivity index (χ4n) is 1.70. The first-order valence-electron chi connectivity index (χ1n) is 5.02. The van der Waals surface area contributed by atoms with E-state index in [1.54, 1.807) is 0 Å². The predicted octanol–water partition coefficient (Wildman–Crippen LogP) is -1.37. The molecule has 1 unspecified atom stereocenters. The van der Waals surface area contributed by atoms with E-state index in [0.29, 0.717) is 5.57 Å². The van der Waals surface area contributed by atoms with E-state index in [2.05, 4.69) is 11.6 Å². The molecule has 1 aromatic heterocycles. The predicted molar refractivity (Wildman–Crippen MR) is 59.1 cm³/mol. The fourth-order valence-corrected chi connectivity index (χ4v) is 1.70. The molecule has 1 saturated heterocycles. The average molecular weight is 239 g/mol. The smallest absolute Gasteiger partial charge is 0.351 e. The Balaban J connectivity index is 2.35. The summed E-state index contributed by atoms with van der Waals surface area (Å²) in [6.07, 6.45) is -1.29. The van der Waals surface area contributed by atoms with Gasteiger partial charge in [-0.1, -0.05) is 6.58 Å². The van der Waals surface area contributed by atoms with Gasteiger partial charge < -0.3 is 20.7 Å². The number of nitrogens with two attached hydrogens (primary N) is 1. The van der Waals surface area contributed by atoms with Crippen molar-refractivity contribution in [1.29, 1.82) is 0 Å². The molecule has 7 heteroatoms. The number of aliphatic hydroxyl groups is 2. The number of hydrogen-bond acceptors (Lipinski definition) is 6. The fraction of sp³-hybridized carbons (Fsp3) is 0.400. The molecule has 1 aliphatic heterocycles. The lowest BCUT2D eigenvalue weighted by Gasteiger charge is -2.16. The van der Waals surface area contributed by atoms with E-state index in [4.69, 9.17) is 15.6 Å². The van der Waals surface area contributed by atoms with Crippen LogP contribution in [0.3, 0.4) is 0 Å². The van der Waals surface area contributed by atoms with Crippen LogP contribution in [-0.2, 0) is 4.74 Å². The number of nitrogens with zero attached hydrogens (tertiary/aromatic N) is 2. The average Bonchev–Trinajstić information content (AvgIpc) is 2.57. The maximum absolute atomic E-state index is 11.6. The molecule has 1 aromatic rings. The van der Waals surface area contributed by atoms with Crippen molar-refractivity contribution in [1.82, 2.24) is 9.55 Å². The number of aliphatic hydroxyl groups excluding tert-OH is 2. The van der Waals surface area contributed by atoms with E-state index < -0.39 is 24.1 Å². The highest BCUT2D eigenvalue weighted by Crippen LogP contribution is 2.31. The zero-order chi connectivity index (χ0) is 12.6. The highest BCUT2D eigenvalue weighted by atomic mass is 16.5. The minimum absolute atomic E-state index is 0.0938. The summed E-state index contributed by atoms with van der Waals surface area (Å²) in [7, 11) is 0. The molecule has 0 bridgehead atoms. The topological polar surface area (TPSA) is 111 Å². The van der Waals surface area contributed by atoms with Crippen molar-refractivity contribution in [3.8, 4) is 0 Å². The molecule has 4 N–H and O–H groups in total. The number of aromatic nitrogens is 2. The van der Waals surface area contributed by atoms with Crippen molar-refractivity contribution in [2.24, 2.45) is 0 Å². The van der Waals surface area contributed by atoms with Gasteiger partial charge in [0.2, 0.25) is 0 Å². The van der Waals surface area contributed by atoms with Gasteiger partial charge in [-0.3, -0.25) is 4.57 Å². The monoisotopic (exact) mass is 239 g/mol. The lowest BCUT2D eigenvalue weighted by atomic mass is 10.1. The summed E-state index contributed by atoms with van der Waals surface area (Å²) < 4.78 is 6.44. The quantitative estimate of drug-likeness (QED) is 0.549. The molecule has 0 aromatic carbocycles. The molecule has 1 aliphatic rings. The SMILES string of the molecule is C=C1[C@H](CO)OC(n2ccc(N)nc2=O)[C@@H]1O. The second-order valence-electron chi connectivity index (χ2n) is 3.76. The molecule has 0 amide bonds. The Labute approximate surface area is 96.8 Å². The highest BCUT2D eigenvalue weighted by molar-refractivity contribution is 5.24. The van der Waals surface area contributed by atoms with Crippen LogP contribution in [0.25, 0.3) is 0 Å². The standard InChI is InChI=1S/C10H13N3O4/c1-5-6(4-14)17-9(8(5)15)13-3-2-7(11)12-10(13)16/h2-3,6,8-9,14-15H,1,4H2,(H2,11,12,16)/t6-,8+,9?/m0/s1. The van der Waals surface area contributed by atoms with Gasteiger partial charge in [0, 0.05) is 6.20 Å². The van der Waals surface area contributed by atoms with Crippen molar-refractivity contribution in [2.75, 3.05) is 12.3 Å². The van der Waals surface area contributed by atoms with Crippen molar-refractivity contribution < 1.29 is 14.9 Å². The molecule has 0 aliphatic carbocycles. The molecule has 7 nitrogen and oxygen atoms in total. The largest absolute Gasteiger partial charge is 0.393 e. The number of ether oxygens (including phenoxy) is 1. The maximum Gasteiger partial charge on any atom is 0.351 e. The van der Waals surface area contributed by atoms with Crippen LogP contribution in [0.2, 0.25) is 0 Å². The minimum atomic E-state index is -1.06. The van der Waals surface area contributed by atoms with Crippen LogP contribution < -0.4 is 11.4 Å². The van der Waals surface area contributed by atoms with Gasteiger partial charge in [0.25, 0.3) is 0 Å². The summed E-state index contributed by atoms with van der Waals surface area (Å²) in [6.45, 7) is 3.31. The first-order chi connectivity index (χ1) is 8.04. The van der Waals surface area contributed by atoms with Gasteiger partial charge in [-0.05, 0) is 11.6 Å². The van der Waals surface area contributed by atoms with Crippen molar-refractivity contribution in [2.45, 2.75) is 18.4 Å². The van der Waals surface area contributed by atoms with Gasteiger partial charge in [-0.15, -0.1) is 0 Å². The zero-order valence-electron chi connectivity index (χ0n) is 8.98. The van der Waals surface area contributed by atoms with E-state index in [-0.39, 0.29) is 12.4 Å². The molecule has 3 atom stereocenters. The Morgan fingerprint density at radius 3 is 2.88 bits per heavy atom. The summed E-state index contributed by atoms with van der Waals surface area (Å²) in [5.41, 5.74) is 5.07. The molecular weight excluding hydrogens is 226 g/mol. The molecule has 1 fully saturated rings. The third kappa shape index (κ3) is 1.95. The van der Waals surface area contributed by atoms with E-state index >= 15 is 0 Å². The van der Waals surface area contributed by atoms with Crippen LogP contribution in [-0.4, -0.2) is 38.6 Å². The molecular formula is C10H13N3O4. The maximum atomic E-state index is 11.6. The third-order valence-electron chi connectivity index (χ3n) is 2.66. The van der Waals surface area contributed by atoms with Crippen LogP contribution >= 0.6 is 0 Å². The molecule has 0 radical (unpaired) electrons. The van der Waals surface area contributed by atoms with Gasteiger partial charge in [-0.2, -0.15) is 4.98 Å². The molecule has 17 heavy (non-hydrogen) atoms. The second-order valence-corrected chi connectivity index (χ2v) is 3.76. The summed E-state index contributed by atoms with van der Waals surface area (Å²) in [6, 6.07) is 1.42. The third-order valence-corrected chi connectivity index (χ3v) is 2.66. The molecule has 2 heterocycles.